The summed E-state index contributed by atoms with van der Waals surface area (Å²) in [7, 11) is 0. The molecule has 0 amide bonds. The first-order valence-electron chi connectivity index (χ1n) is 8.57. The Morgan fingerprint density at radius 1 is 1.20 bits per heavy atom. The second-order valence-corrected chi connectivity index (χ2v) is 6.97. The van der Waals surface area contributed by atoms with E-state index < -0.39 is 0 Å². The zero-order valence-electron chi connectivity index (χ0n) is 13.0. The average Bonchev–Trinajstić information content (AvgIpc) is 2.49. The SMILES string of the molecule is CC1CN2CCCCC2CN1C(CN)C1CCCOC1. The fourth-order valence-corrected chi connectivity index (χ4v) is 4.50. The molecule has 4 unspecified atom stereocenters. The van der Waals surface area contributed by atoms with Gasteiger partial charge in [-0.2, -0.15) is 0 Å². The number of ether oxygens (including phenoxy) is 1. The van der Waals surface area contributed by atoms with Crippen LogP contribution in [0.2, 0.25) is 0 Å². The first-order valence-corrected chi connectivity index (χ1v) is 8.57. The lowest BCUT2D eigenvalue weighted by Gasteiger charge is -2.51. The molecule has 4 atom stereocenters. The topological polar surface area (TPSA) is 41.7 Å². The quantitative estimate of drug-likeness (QED) is 0.847. The Morgan fingerprint density at radius 3 is 2.85 bits per heavy atom. The van der Waals surface area contributed by atoms with Gasteiger partial charge in [0.05, 0.1) is 6.61 Å². The van der Waals surface area contributed by atoms with Crippen LogP contribution in [0.3, 0.4) is 0 Å². The normalized spacial score (nSPS) is 38.4. The average molecular weight is 281 g/mol. The molecule has 0 saturated carbocycles. The van der Waals surface area contributed by atoms with Crippen molar-refractivity contribution in [2.24, 2.45) is 11.7 Å². The van der Waals surface area contributed by atoms with Gasteiger partial charge in [0.25, 0.3) is 0 Å². The van der Waals surface area contributed by atoms with E-state index in [0.717, 1.165) is 25.8 Å². The molecule has 3 rings (SSSR count). The fraction of sp³-hybridized carbons (Fsp3) is 1.00. The Hall–Kier alpha value is -0.160. The molecule has 3 fully saturated rings. The maximum absolute atomic E-state index is 6.15. The van der Waals surface area contributed by atoms with Gasteiger partial charge in [-0.1, -0.05) is 6.42 Å². The highest BCUT2D eigenvalue weighted by molar-refractivity contribution is 4.94. The van der Waals surface area contributed by atoms with Crippen molar-refractivity contribution in [2.45, 2.75) is 57.2 Å². The predicted octanol–water partition coefficient (Wildman–Crippen LogP) is 1.30. The van der Waals surface area contributed by atoms with Gasteiger partial charge in [-0.15, -0.1) is 0 Å². The van der Waals surface area contributed by atoms with E-state index >= 15 is 0 Å². The molecule has 3 saturated heterocycles. The lowest BCUT2D eigenvalue weighted by atomic mass is 9.89. The monoisotopic (exact) mass is 281 g/mol. The maximum atomic E-state index is 6.15. The molecular formula is C16H31N3O. The molecule has 3 heterocycles. The lowest BCUT2D eigenvalue weighted by molar-refractivity contribution is -0.0461. The van der Waals surface area contributed by atoms with Crippen LogP contribution < -0.4 is 5.73 Å². The van der Waals surface area contributed by atoms with Crippen molar-refractivity contribution in [1.82, 2.24) is 9.80 Å². The Balaban J connectivity index is 1.66. The third-order valence-electron chi connectivity index (χ3n) is 5.64. The number of rotatable bonds is 3. The summed E-state index contributed by atoms with van der Waals surface area (Å²) in [4.78, 5) is 5.43. The van der Waals surface area contributed by atoms with E-state index in [4.69, 9.17) is 10.5 Å². The summed E-state index contributed by atoms with van der Waals surface area (Å²) in [6.07, 6.45) is 6.67. The number of hydrogen-bond acceptors (Lipinski definition) is 4. The minimum Gasteiger partial charge on any atom is -0.381 e. The third kappa shape index (κ3) is 3.03. The molecule has 0 aromatic heterocycles. The van der Waals surface area contributed by atoms with E-state index in [2.05, 4.69) is 16.7 Å². The summed E-state index contributed by atoms with van der Waals surface area (Å²) in [6, 6.07) is 1.94. The Bertz CT molecular complexity index is 306. The lowest BCUT2D eigenvalue weighted by Crippen LogP contribution is -2.63. The van der Waals surface area contributed by atoms with Crippen molar-refractivity contribution in [3.63, 3.8) is 0 Å². The molecule has 3 aliphatic heterocycles. The summed E-state index contributed by atoms with van der Waals surface area (Å²) in [5.74, 6) is 0.645. The summed E-state index contributed by atoms with van der Waals surface area (Å²) < 4.78 is 5.70. The number of nitrogens with zero attached hydrogens (tertiary/aromatic N) is 2. The summed E-state index contributed by atoms with van der Waals surface area (Å²) in [5.41, 5.74) is 6.15. The summed E-state index contributed by atoms with van der Waals surface area (Å²) in [6.45, 7) is 8.79. The van der Waals surface area contributed by atoms with Gasteiger partial charge in [-0.25, -0.2) is 0 Å². The van der Waals surface area contributed by atoms with Crippen LogP contribution in [0.1, 0.15) is 39.0 Å². The number of piperazine rings is 1. The van der Waals surface area contributed by atoms with Crippen molar-refractivity contribution in [3.05, 3.63) is 0 Å². The van der Waals surface area contributed by atoms with Gasteiger partial charge in [0.15, 0.2) is 0 Å². The van der Waals surface area contributed by atoms with Crippen LogP contribution in [0.4, 0.5) is 0 Å². The van der Waals surface area contributed by atoms with E-state index in [1.54, 1.807) is 0 Å². The standard InChI is InChI=1S/C16H31N3O/c1-13-10-18-7-3-2-6-15(18)11-19(13)16(9-17)14-5-4-8-20-12-14/h13-16H,2-12,17H2,1H3. The molecule has 116 valence electrons. The van der Waals surface area contributed by atoms with E-state index in [0.29, 0.717) is 18.0 Å². The molecule has 0 aromatic rings. The van der Waals surface area contributed by atoms with Gasteiger partial charge < -0.3 is 10.5 Å². The largest absolute Gasteiger partial charge is 0.381 e. The van der Waals surface area contributed by atoms with Gasteiger partial charge in [-0.05, 0) is 45.1 Å². The molecule has 0 aliphatic carbocycles. The highest BCUT2D eigenvalue weighted by Crippen LogP contribution is 2.29. The number of nitrogens with two attached hydrogens (primary N) is 1. The first kappa shape index (κ1) is 14.8. The van der Waals surface area contributed by atoms with Gasteiger partial charge in [0.1, 0.15) is 0 Å². The summed E-state index contributed by atoms with van der Waals surface area (Å²) >= 11 is 0. The fourth-order valence-electron chi connectivity index (χ4n) is 4.50. The molecule has 3 aliphatic rings. The molecule has 2 N–H and O–H groups in total. The maximum Gasteiger partial charge on any atom is 0.0509 e. The van der Waals surface area contributed by atoms with E-state index in [9.17, 15) is 0 Å². The predicted molar refractivity (Wildman–Crippen MR) is 81.8 cm³/mol. The number of piperidine rings is 1. The van der Waals surface area contributed by atoms with Gasteiger partial charge >= 0.3 is 0 Å². The highest BCUT2D eigenvalue weighted by Gasteiger charge is 2.38. The molecule has 4 nitrogen and oxygen atoms in total. The Kier molecular flexibility index (Phi) is 4.97. The van der Waals surface area contributed by atoms with E-state index in [1.807, 2.05) is 0 Å². The minimum atomic E-state index is 0.523. The first-order chi connectivity index (χ1) is 9.79. The summed E-state index contributed by atoms with van der Waals surface area (Å²) in [5, 5.41) is 0. The molecule has 20 heavy (non-hydrogen) atoms. The molecule has 0 bridgehead atoms. The van der Waals surface area contributed by atoms with Gasteiger partial charge in [-0.3, -0.25) is 9.80 Å². The third-order valence-corrected chi connectivity index (χ3v) is 5.64. The smallest absolute Gasteiger partial charge is 0.0509 e. The Morgan fingerprint density at radius 2 is 2.10 bits per heavy atom. The van der Waals surface area contributed by atoms with Crippen molar-refractivity contribution in [2.75, 3.05) is 39.4 Å². The van der Waals surface area contributed by atoms with Crippen molar-refractivity contribution in [1.29, 1.82) is 0 Å². The van der Waals surface area contributed by atoms with Crippen molar-refractivity contribution >= 4 is 0 Å². The zero-order valence-corrected chi connectivity index (χ0v) is 13.0. The van der Waals surface area contributed by atoms with Gasteiger partial charge in [0.2, 0.25) is 0 Å². The van der Waals surface area contributed by atoms with Crippen LogP contribution in [0.5, 0.6) is 0 Å². The zero-order chi connectivity index (χ0) is 13.9. The van der Waals surface area contributed by atoms with Crippen LogP contribution in [0.25, 0.3) is 0 Å². The molecule has 4 heteroatoms. The molecular weight excluding hydrogens is 250 g/mol. The van der Waals surface area contributed by atoms with Gasteiger partial charge in [0, 0.05) is 44.4 Å². The van der Waals surface area contributed by atoms with Crippen LogP contribution in [0, 0.1) is 5.92 Å². The Labute approximate surface area is 123 Å². The van der Waals surface area contributed by atoms with Crippen LogP contribution >= 0.6 is 0 Å². The number of fused-ring (bicyclic) bond motifs is 1. The van der Waals surface area contributed by atoms with E-state index in [1.165, 1.54) is 51.7 Å². The highest BCUT2D eigenvalue weighted by atomic mass is 16.5. The second-order valence-electron chi connectivity index (χ2n) is 6.97. The van der Waals surface area contributed by atoms with Crippen LogP contribution in [0.15, 0.2) is 0 Å². The molecule has 0 spiro atoms. The molecule has 0 radical (unpaired) electrons. The number of hydrogen-bond donors (Lipinski definition) is 1. The van der Waals surface area contributed by atoms with Crippen molar-refractivity contribution in [3.8, 4) is 0 Å². The molecule has 0 aromatic carbocycles. The van der Waals surface area contributed by atoms with Crippen LogP contribution in [-0.4, -0.2) is 67.3 Å². The van der Waals surface area contributed by atoms with E-state index in [-0.39, 0.29) is 0 Å². The second kappa shape index (κ2) is 6.73. The van der Waals surface area contributed by atoms with Crippen molar-refractivity contribution < 1.29 is 4.74 Å². The minimum absolute atomic E-state index is 0.523. The van der Waals surface area contributed by atoms with Crippen LogP contribution in [-0.2, 0) is 4.74 Å².